The first kappa shape index (κ1) is 23.4. The van der Waals surface area contributed by atoms with Crippen LogP contribution in [0.15, 0.2) is 48.5 Å². The lowest BCUT2D eigenvalue weighted by Gasteiger charge is -2.40. The van der Waals surface area contributed by atoms with Crippen LogP contribution in [0.3, 0.4) is 0 Å². The molecule has 0 amide bonds. The van der Waals surface area contributed by atoms with E-state index in [4.69, 9.17) is 0 Å². The van der Waals surface area contributed by atoms with E-state index in [0.29, 0.717) is 43.1 Å². The number of nitrogens with one attached hydrogen (secondary N) is 1. The third-order valence-corrected chi connectivity index (χ3v) is 6.05. The highest BCUT2D eigenvalue weighted by molar-refractivity contribution is 7.92. The Morgan fingerprint density at radius 2 is 1.65 bits per heavy atom. The molecule has 1 heterocycles. The van der Waals surface area contributed by atoms with Gasteiger partial charge in [0.05, 0.1) is 17.9 Å². The fourth-order valence-corrected chi connectivity index (χ4v) is 4.27. The summed E-state index contributed by atoms with van der Waals surface area (Å²) in [4.78, 5) is 4.01. The number of anilines is 2. The predicted molar refractivity (Wildman–Crippen MR) is 115 cm³/mol. The molecule has 3 rings (SSSR count). The molecule has 0 aromatic heterocycles. The third-order valence-electron chi connectivity index (χ3n) is 5.44. The number of alkyl halides is 3. The lowest BCUT2D eigenvalue weighted by atomic mass is 10.0. The molecule has 0 bridgehead atoms. The maximum absolute atomic E-state index is 13.0. The Morgan fingerprint density at radius 3 is 2.19 bits per heavy atom. The van der Waals surface area contributed by atoms with Crippen LogP contribution in [0.1, 0.15) is 24.2 Å². The van der Waals surface area contributed by atoms with Gasteiger partial charge in [0.1, 0.15) is 0 Å². The van der Waals surface area contributed by atoms with Crippen molar-refractivity contribution in [3.63, 3.8) is 0 Å². The molecule has 10 heteroatoms. The van der Waals surface area contributed by atoms with Crippen LogP contribution in [0.5, 0.6) is 0 Å². The van der Waals surface area contributed by atoms with Gasteiger partial charge in [0.15, 0.2) is 0 Å². The number of hydrogen-bond donors (Lipinski definition) is 2. The summed E-state index contributed by atoms with van der Waals surface area (Å²) >= 11 is 0. The van der Waals surface area contributed by atoms with Crippen LogP contribution >= 0.6 is 0 Å². The summed E-state index contributed by atoms with van der Waals surface area (Å²) in [5, 5.41) is 10.8. The van der Waals surface area contributed by atoms with Crippen LogP contribution in [0.4, 0.5) is 24.5 Å². The Bertz CT molecular complexity index is 989. The summed E-state index contributed by atoms with van der Waals surface area (Å²) in [5.74, 6) is 0. The fraction of sp³-hybridized carbons (Fsp3) is 0.429. The van der Waals surface area contributed by atoms with Gasteiger partial charge >= 0.3 is 6.18 Å². The minimum Gasteiger partial charge on any atom is -0.387 e. The summed E-state index contributed by atoms with van der Waals surface area (Å²) < 4.78 is 63.9. The van der Waals surface area contributed by atoms with Crippen LogP contribution in [-0.2, 0) is 16.2 Å². The second-order valence-electron chi connectivity index (χ2n) is 7.75. The highest BCUT2D eigenvalue weighted by Crippen LogP contribution is 2.32. The number of aliphatic hydroxyl groups is 1. The zero-order valence-corrected chi connectivity index (χ0v) is 18.1. The first-order valence-electron chi connectivity index (χ1n) is 9.86. The third kappa shape index (κ3) is 6.11. The number of piperazine rings is 1. The van der Waals surface area contributed by atoms with Crippen molar-refractivity contribution in [1.82, 2.24) is 4.90 Å². The maximum atomic E-state index is 13.0. The van der Waals surface area contributed by atoms with E-state index < -0.39 is 27.9 Å². The molecule has 2 unspecified atom stereocenters. The predicted octanol–water partition coefficient (Wildman–Crippen LogP) is 3.32. The van der Waals surface area contributed by atoms with Crippen molar-refractivity contribution in [3.8, 4) is 0 Å². The topological polar surface area (TPSA) is 72.9 Å². The number of sulfonamides is 1. The van der Waals surface area contributed by atoms with E-state index in [9.17, 15) is 26.7 Å². The molecule has 0 radical (unpaired) electrons. The molecule has 0 spiro atoms. The molecule has 1 aliphatic heterocycles. The number of nitrogens with zero attached hydrogens (tertiary/aromatic N) is 2. The smallest absolute Gasteiger partial charge is 0.387 e. The summed E-state index contributed by atoms with van der Waals surface area (Å²) in [5.41, 5.74) is 0.953. The molecule has 2 atom stereocenters. The molecule has 2 N–H and O–H groups in total. The molecular formula is C21H26F3N3O3S. The molecule has 2 aromatic rings. The van der Waals surface area contributed by atoms with Crippen molar-refractivity contribution < 1.29 is 26.7 Å². The Balaban J connectivity index is 1.60. The number of hydrogen-bond acceptors (Lipinski definition) is 5. The van der Waals surface area contributed by atoms with Gasteiger partial charge in [-0.25, -0.2) is 8.42 Å². The SMILES string of the molecule is CC(C(O)c1ccc(NS(C)(=O)=O)cc1)N1CCN(c2cccc(C(F)(F)F)c2)CC1. The van der Waals surface area contributed by atoms with Gasteiger partial charge in [0.25, 0.3) is 0 Å². The van der Waals surface area contributed by atoms with Crippen molar-refractivity contribution >= 4 is 21.4 Å². The first-order chi connectivity index (χ1) is 14.4. The zero-order chi connectivity index (χ0) is 22.8. The van der Waals surface area contributed by atoms with Gasteiger partial charge in [-0.3, -0.25) is 9.62 Å². The number of rotatable bonds is 6. The van der Waals surface area contributed by atoms with Gasteiger partial charge in [-0.1, -0.05) is 18.2 Å². The Labute approximate surface area is 180 Å². The maximum Gasteiger partial charge on any atom is 0.416 e. The Hall–Kier alpha value is -2.30. The van der Waals surface area contributed by atoms with Crippen LogP contribution in [0.2, 0.25) is 0 Å². The summed E-state index contributed by atoms with van der Waals surface area (Å²) in [7, 11) is -3.37. The quantitative estimate of drug-likeness (QED) is 0.696. The molecule has 170 valence electrons. The summed E-state index contributed by atoms with van der Waals surface area (Å²) in [6.07, 6.45) is -4.09. The van der Waals surface area contributed by atoms with E-state index >= 15 is 0 Å². The van der Waals surface area contributed by atoms with E-state index in [1.807, 2.05) is 11.8 Å². The number of benzene rings is 2. The zero-order valence-electron chi connectivity index (χ0n) is 17.3. The van der Waals surface area contributed by atoms with E-state index in [1.165, 1.54) is 12.1 Å². The highest BCUT2D eigenvalue weighted by Gasteiger charge is 2.32. The lowest BCUT2D eigenvalue weighted by Crippen LogP contribution is -2.51. The largest absolute Gasteiger partial charge is 0.416 e. The van der Waals surface area contributed by atoms with Gasteiger partial charge in [0, 0.05) is 43.6 Å². The van der Waals surface area contributed by atoms with Crippen LogP contribution < -0.4 is 9.62 Å². The number of aliphatic hydroxyl groups excluding tert-OH is 1. The molecule has 0 saturated carbocycles. The van der Waals surface area contributed by atoms with Crippen LogP contribution in [0, 0.1) is 0 Å². The van der Waals surface area contributed by atoms with E-state index in [0.717, 1.165) is 12.3 Å². The average Bonchev–Trinajstić information content (AvgIpc) is 2.72. The highest BCUT2D eigenvalue weighted by atomic mass is 32.2. The van der Waals surface area contributed by atoms with Gasteiger partial charge in [-0.15, -0.1) is 0 Å². The van der Waals surface area contributed by atoms with Crippen molar-refractivity contribution in [3.05, 3.63) is 59.7 Å². The minimum atomic E-state index is -4.37. The Morgan fingerprint density at radius 1 is 1.03 bits per heavy atom. The molecule has 2 aromatic carbocycles. The standard InChI is InChI=1S/C21H26F3N3O3S/c1-15(20(28)16-6-8-18(9-7-16)25-31(2,29)30)26-10-12-27(13-11-26)19-5-3-4-17(14-19)21(22,23)24/h3-9,14-15,20,25,28H,10-13H2,1-2H3. The minimum absolute atomic E-state index is 0.211. The van der Waals surface area contributed by atoms with E-state index in [-0.39, 0.29) is 6.04 Å². The molecule has 0 aliphatic carbocycles. The van der Waals surface area contributed by atoms with Crippen LogP contribution in [0.25, 0.3) is 0 Å². The van der Waals surface area contributed by atoms with Crippen molar-refractivity contribution in [2.75, 3.05) is 42.1 Å². The summed E-state index contributed by atoms with van der Waals surface area (Å²) in [6.45, 7) is 4.20. The van der Waals surface area contributed by atoms with Gasteiger partial charge in [-0.2, -0.15) is 13.2 Å². The van der Waals surface area contributed by atoms with Gasteiger partial charge < -0.3 is 10.0 Å². The normalized spacial score (nSPS) is 17.9. The van der Waals surface area contributed by atoms with Crippen molar-refractivity contribution in [2.45, 2.75) is 25.2 Å². The Kier molecular flexibility index (Phi) is 6.82. The second-order valence-corrected chi connectivity index (χ2v) is 9.50. The fourth-order valence-electron chi connectivity index (χ4n) is 3.71. The second kappa shape index (κ2) is 9.05. The first-order valence-corrected chi connectivity index (χ1v) is 11.8. The lowest BCUT2D eigenvalue weighted by molar-refractivity contribution is -0.137. The van der Waals surface area contributed by atoms with Gasteiger partial charge in [-0.05, 0) is 42.8 Å². The van der Waals surface area contributed by atoms with Crippen molar-refractivity contribution in [2.24, 2.45) is 0 Å². The molecular weight excluding hydrogens is 431 g/mol. The average molecular weight is 458 g/mol. The summed E-state index contributed by atoms with van der Waals surface area (Å²) in [6, 6.07) is 11.7. The molecule has 6 nitrogen and oxygen atoms in total. The van der Waals surface area contributed by atoms with Crippen molar-refractivity contribution in [1.29, 1.82) is 0 Å². The van der Waals surface area contributed by atoms with E-state index in [1.54, 1.807) is 30.3 Å². The molecule has 1 aliphatic rings. The molecule has 1 fully saturated rings. The number of halogens is 3. The van der Waals surface area contributed by atoms with Gasteiger partial charge in [0.2, 0.25) is 10.0 Å². The monoisotopic (exact) mass is 457 g/mol. The molecule has 31 heavy (non-hydrogen) atoms. The molecule has 1 saturated heterocycles. The van der Waals surface area contributed by atoms with Crippen LogP contribution in [-0.4, -0.2) is 56.9 Å². The van der Waals surface area contributed by atoms with E-state index in [2.05, 4.69) is 9.62 Å².